The van der Waals surface area contributed by atoms with E-state index in [0.29, 0.717) is 22.5 Å². The molecule has 5 aromatic rings. The van der Waals surface area contributed by atoms with Gasteiger partial charge in [-0.1, -0.05) is 18.2 Å². The van der Waals surface area contributed by atoms with Gasteiger partial charge in [0.15, 0.2) is 5.65 Å². The molecule has 0 unspecified atom stereocenters. The standard InChI is InChI=1S/C22H19N9O/c32-21-17-13-26-28-19(17)16-12-25-22(27-20(16)31(21)15-4-2-1-3-5-15)30-10-8-29(9-11-30)18-14-23-6-7-24-18/h1-7,12-14H,8-11H2,(H,26,28). The van der Waals surface area contributed by atoms with Crippen molar-refractivity contribution in [2.45, 2.75) is 0 Å². The van der Waals surface area contributed by atoms with Gasteiger partial charge in [0, 0.05) is 51.0 Å². The van der Waals surface area contributed by atoms with E-state index in [1.807, 2.05) is 30.3 Å². The van der Waals surface area contributed by atoms with Gasteiger partial charge >= 0.3 is 0 Å². The molecule has 158 valence electrons. The average molecular weight is 425 g/mol. The van der Waals surface area contributed by atoms with Crippen molar-refractivity contribution in [1.82, 2.24) is 34.7 Å². The lowest BCUT2D eigenvalue weighted by atomic mass is 10.2. The lowest BCUT2D eigenvalue weighted by molar-refractivity contribution is 0.634. The van der Waals surface area contributed by atoms with E-state index < -0.39 is 0 Å². The predicted molar refractivity (Wildman–Crippen MR) is 121 cm³/mol. The summed E-state index contributed by atoms with van der Waals surface area (Å²) in [4.78, 5) is 35.6. The molecule has 0 bridgehead atoms. The molecule has 0 saturated carbocycles. The normalized spacial score (nSPS) is 14.4. The number of aromatic nitrogens is 7. The summed E-state index contributed by atoms with van der Waals surface area (Å²) in [6.07, 6.45) is 8.53. The minimum Gasteiger partial charge on any atom is -0.352 e. The Kier molecular flexibility index (Phi) is 4.27. The Labute approximate surface area is 182 Å². The zero-order chi connectivity index (χ0) is 21.5. The monoisotopic (exact) mass is 425 g/mol. The van der Waals surface area contributed by atoms with E-state index in [-0.39, 0.29) is 5.56 Å². The van der Waals surface area contributed by atoms with Crippen molar-refractivity contribution in [3.05, 3.63) is 71.7 Å². The number of piperazine rings is 1. The summed E-state index contributed by atoms with van der Waals surface area (Å²) in [7, 11) is 0. The van der Waals surface area contributed by atoms with Gasteiger partial charge in [-0.05, 0) is 12.1 Å². The smallest absolute Gasteiger partial charge is 0.267 e. The summed E-state index contributed by atoms with van der Waals surface area (Å²) in [6.45, 7) is 3.04. The maximum absolute atomic E-state index is 13.3. The highest BCUT2D eigenvalue weighted by Crippen LogP contribution is 2.24. The van der Waals surface area contributed by atoms with E-state index in [0.717, 1.165) is 43.1 Å². The van der Waals surface area contributed by atoms with Gasteiger partial charge in [0.25, 0.3) is 5.56 Å². The van der Waals surface area contributed by atoms with Gasteiger partial charge in [-0.25, -0.2) is 9.97 Å². The molecule has 1 saturated heterocycles. The first-order chi connectivity index (χ1) is 15.8. The first kappa shape index (κ1) is 18.4. The molecule has 0 radical (unpaired) electrons. The third-order valence-corrected chi connectivity index (χ3v) is 5.75. The zero-order valence-corrected chi connectivity index (χ0v) is 17.1. The Morgan fingerprint density at radius 3 is 2.47 bits per heavy atom. The number of fused-ring (bicyclic) bond motifs is 3. The van der Waals surface area contributed by atoms with Crippen LogP contribution in [0.4, 0.5) is 11.8 Å². The Bertz CT molecular complexity index is 1460. The lowest BCUT2D eigenvalue weighted by Gasteiger charge is -2.35. The van der Waals surface area contributed by atoms with Crippen LogP contribution in [0.5, 0.6) is 0 Å². The third kappa shape index (κ3) is 2.96. The average Bonchev–Trinajstić information content (AvgIpc) is 3.36. The van der Waals surface area contributed by atoms with Gasteiger partial charge in [-0.3, -0.25) is 19.4 Å². The van der Waals surface area contributed by atoms with Crippen LogP contribution in [0.3, 0.4) is 0 Å². The van der Waals surface area contributed by atoms with Gasteiger partial charge < -0.3 is 9.80 Å². The number of nitrogens with one attached hydrogen (secondary N) is 1. The Balaban J connectivity index is 1.42. The summed E-state index contributed by atoms with van der Waals surface area (Å²) >= 11 is 0. The number of rotatable bonds is 3. The molecule has 1 aromatic carbocycles. The zero-order valence-electron chi connectivity index (χ0n) is 17.1. The number of pyridine rings is 1. The van der Waals surface area contributed by atoms with Crippen LogP contribution < -0.4 is 15.4 Å². The SMILES string of the molecule is O=c1c2c[nH]nc2c2cnc(N3CCN(c4cnccn4)CC3)nc2n1-c1ccccc1. The fourth-order valence-electron chi connectivity index (χ4n) is 4.14. The molecule has 32 heavy (non-hydrogen) atoms. The molecule has 1 aliphatic heterocycles. The van der Waals surface area contributed by atoms with Gasteiger partial charge in [0.05, 0.1) is 22.7 Å². The van der Waals surface area contributed by atoms with Gasteiger partial charge in [-0.15, -0.1) is 0 Å². The van der Waals surface area contributed by atoms with Crippen molar-refractivity contribution >= 4 is 33.7 Å². The molecule has 0 amide bonds. The van der Waals surface area contributed by atoms with E-state index in [1.165, 1.54) is 0 Å². The fraction of sp³-hybridized carbons (Fsp3) is 0.182. The minimum atomic E-state index is -0.162. The first-order valence-electron chi connectivity index (χ1n) is 10.4. The van der Waals surface area contributed by atoms with Crippen LogP contribution in [0.15, 0.2) is 66.1 Å². The number of para-hydroxylation sites is 1. The fourth-order valence-corrected chi connectivity index (χ4v) is 4.14. The third-order valence-electron chi connectivity index (χ3n) is 5.75. The minimum absolute atomic E-state index is 0.162. The van der Waals surface area contributed by atoms with Gasteiger partial charge in [0.2, 0.25) is 5.95 Å². The largest absolute Gasteiger partial charge is 0.352 e. The number of nitrogens with zero attached hydrogens (tertiary/aromatic N) is 8. The molecule has 0 spiro atoms. The van der Waals surface area contributed by atoms with Crippen LogP contribution in [0.2, 0.25) is 0 Å². The quantitative estimate of drug-likeness (QED) is 0.466. The molecular weight excluding hydrogens is 406 g/mol. The molecule has 10 nitrogen and oxygen atoms in total. The maximum Gasteiger partial charge on any atom is 0.267 e. The van der Waals surface area contributed by atoms with E-state index in [4.69, 9.17) is 4.98 Å². The molecule has 1 N–H and O–H groups in total. The number of hydrogen-bond acceptors (Lipinski definition) is 8. The van der Waals surface area contributed by atoms with Crippen LogP contribution in [0.25, 0.3) is 27.6 Å². The van der Waals surface area contributed by atoms with Crippen molar-refractivity contribution < 1.29 is 0 Å². The number of H-pyrrole nitrogens is 1. The second kappa shape index (κ2) is 7.41. The Morgan fingerprint density at radius 2 is 1.69 bits per heavy atom. The van der Waals surface area contributed by atoms with Crippen LogP contribution >= 0.6 is 0 Å². The summed E-state index contributed by atoms with van der Waals surface area (Å²) in [5, 5.41) is 8.32. The van der Waals surface area contributed by atoms with Crippen LogP contribution in [0.1, 0.15) is 0 Å². The molecule has 5 heterocycles. The van der Waals surface area contributed by atoms with Crippen LogP contribution in [-0.4, -0.2) is 60.9 Å². The molecule has 1 fully saturated rings. The van der Waals surface area contributed by atoms with Crippen LogP contribution in [-0.2, 0) is 0 Å². The summed E-state index contributed by atoms with van der Waals surface area (Å²) in [6, 6.07) is 9.52. The first-order valence-corrected chi connectivity index (χ1v) is 10.4. The number of aromatic amines is 1. The summed E-state index contributed by atoms with van der Waals surface area (Å²) in [5.74, 6) is 1.46. The molecule has 0 aliphatic carbocycles. The topological polar surface area (TPSA) is 109 Å². The Hall–Kier alpha value is -4.34. The molecular formula is C22H19N9O. The van der Waals surface area contributed by atoms with Gasteiger partial charge in [-0.2, -0.15) is 10.1 Å². The second-order valence-electron chi connectivity index (χ2n) is 7.57. The Morgan fingerprint density at radius 1 is 0.875 bits per heavy atom. The van der Waals surface area contributed by atoms with Crippen molar-refractivity contribution in [3.8, 4) is 5.69 Å². The lowest BCUT2D eigenvalue weighted by Crippen LogP contribution is -2.47. The number of anilines is 2. The van der Waals surface area contributed by atoms with E-state index in [2.05, 4.69) is 34.9 Å². The molecule has 1 aliphatic rings. The maximum atomic E-state index is 13.3. The molecule has 6 rings (SSSR count). The predicted octanol–water partition coefficient (Wildman–Crippen LogP) is 1.77. The van der Waals surface area contributed by atoms with Crippen molar-refractivity contribution in [3.63, 3.8) is 0 Å². The summed E-state index contributed by atoms with van der Waals surface area (Å²) in [5.41, 5.74) is 1.71. The summed E-state index contributed by atoms with van der Waals surface area (Å²) < 4.78 is 1.63. The van der Waals surface area contributed by atoms with E-state index in [1.54, 1.807) is 35.6 Å². The highest BCUT2D eigenvalue weighted by atomic mass is 16.1. The van der Waals surface area contributed by atoms with Crippen molar-refractivity contribution in [2.75, 3.05) is 36.0 Å². The van der Waals surface area contributed by atoms with Gasteiger partial charge in [0.1, 0.15) is 11.3 Å². The number of benzene rings is 1. The molecule has 10 heteroatoms. The molecule has 4 aromatic heterocycles. The molecule has 0 atom stereocenters. The highest BCUT2D eigenvalue weighted by Gasteiger charge is 2.22. The highest BCUT2D eigenvalue weighted by molar-refractivity contribution is 6.02. The van der Waals surface area contributed by atoms with Crippen molar-refractivity contribution in [1.29, 1.82) is 0 Å². The van der Waals surface area contributed by atoms with E-state index >= 15 is 0 Å². The number of hydrogen-bond donors (Lipinski definition) is 1. The van der Waals surface area contributed by atoms with Crippen LogP contribution in [0, 0.1) is 0 Å². The van der Waals surface area contributed by atoms with E-state index in [9.17, 15) is 4.79 Å². The second-order valence-corrected chi connectivity index (χ2v) is 7.57. The van der Waals surface area contributed by atoms with Crippen molar-refractivity contribution in [2.24, 2.45) is 0 Å².